The molecular formula is C27H32N2O5S. The van der Waals surface area contributed by atoms with E-state index in [9.17, 15) is 19.5 Å². The number of alkyl carbamates (subject to hydrolysis) is 1. The molecule has 2 aromatic rings. The summed E-state index contributed by atoms with van der Waals surface area (Å²) in [7, 11) is 1.50. The van der Waals surface area contributed by atoms with E-state index in [-0.39, 0.29) is 24.9 Å². The number of amides is 2. The number of likely N-dealkylation sites (N-methyl/N-ethyl adjacent to an activating group) is 1. The summed E-state index contributed by atoms with van der Waals surface area (Å²) in [6.07, 6.45) is 0.723. The van der Waals surface area contributed by atoms with Gasteiger partial charge in [0, 0.05) is 13.0 Å². The molecular weight excluding hydrogens is 464 g/mol. The molecule has 2 aromatic carbocycles. The van der Waals surface area contributed by atoms with Crippen molar-refractivity contribution < 1.29 is 24.2 Å². The lowest BCUT2D eigenvalue weighted by molar-refractivity contribution is -0.156. The van der Waals surface area contributed by atoms with Crippen molar-refractivity contribution in [2.75, 3.05) is 25.2 Å². The number of carboxylic acids is 1. The van der Waals surface area contributed by atoms with Gasteiger partial charge in [0.2, 0.25) is 5.91 Å². The highest BCUT2D eigenvalue weighted by molar-refractivity contribution is 7.99. The topological polar surface area (TPSA) is 95.9 Å². The maximum Gasteiger partial charge on any atom is 0.407 e. The van der Waals surface area contributed by atoms with Gasteiger partial charge in [-0.3, -0.25) is 4.79 Å². The van der Waals surface area contributed by atoms with Crippen molar-refractivity contribution in [3.63, 3.8) is 0 Å². The highest BCUT2D eigenvalue weighted by Crippen LogP contribution is 2.44. The van der Waals surface area contributed by atoms with Gasteiger partial charge in [0.15, 0.2) is 0 Å². The van der Waals surface area contributed by atoms with E-state index in [1.54, 1.807) is 11.8 Å². The quantitative estimate of drug-likeness (QED) is 0.586. The monoisotopic (exact) mass is 496 g/mol. The van der Waals surface area contributed by atoms with Gasteiger partial charge in [-0.1, -0.05) is 48.5 Å². The number of rotatable bonds is 7. The average Bonchev–Trinajstić information content (AvgIpc) is 3.16. The zero-order valence-electron chi connectivity index (χ0n) is 20.4. The molecule has 186 valence electrons. The molecule has 8 heteroatoms. The Bertz CT molecular complexity index is 1080. The van der Waals surface area contributed by atoms with E-state index in [1.807, 2.05) is 24.3 Å². The summed E-state index contributed by atoms with van der Waals surface area (Å²) in [6.45, 7) is 3.19. The minimum absolute atomic E-state index is 0.0327. The molecule has 7 nitrogen and oxygen atoms in total. The molecule has 0 aromatic heterocycles. The maximum atomic E-state index is 13.1. The van der Waals surface area contributed by atoms with Gasteiger partial charge in [-0.15, -0.1) is 0 Å². The molecule has 0 spiro atoms. The van der Waals surface area contributed by atoms with Gasteiger partial charge in [0.25, 0.3) is 0 Å². The first kappa shape index (κ1) is 25.1. The number of benzene rings is 2. The van der Waals surface area contributed by atoms with Crippen LogP contribution in [-0.2, 0) is 14.3 Å². The predicted molar refractivity (Wildman–Crippen MR) is 137 cm³/mol. The second-order valence-corrected chi connectivity index (χ2v) is 11.1. The molecule has 1 aliphatic carbocycles. The molecule has 1 fully saturated rings. The van der Waals surface area contributed by atoms with Crippen LogP contribution in [0.5, 0.6) is 0 Å². The van der Waals surface area contributed by atoms with Crippen molar-refractivity contribution in [2.45, 2.75) is 50.1 Å². The zero-order chi connectivity index (χ0) is 25.2. The maximum absolute atomic E-state index is 13.1. The Hall–Kier alpha value is -3.00. The standard InChI is InChI=1S/C27H32N2O5S/c1-26(2,24(31)32)29(3)23(30)16-27(12-14-35-15-13-27)28-25(33)34-17-22-20-10-6-4-8-18(20)19-9-5-7-11-21(19)22/h4-11,22H,12-17H2,1-3H3,(H,28,33)(H,31,32). The number of nitrogens with zero attached hydrogens (tertiary/aromatic N) is 1. The third-order valence-corrected chi connectivity index (χ3v) is 8.37. The van der Waals surface area contributed by atoms with Crippen LogP contribution < -0.4 is 5.32 Å². The molecule has 1 aliphatic heterocycles. The normalized spacial score (nSPS) is 16.7. The van der Waals surface area contributed by atoms with Gasteiger partial charge in [-0.05, 0) is 60.4 Å². The lowest BCUT2D eigenvalue weighted by Gasteiger charge is -2.40. The summed E-state index contributed by atoms with van der Waals surface area (Å²) in [5.74, 6) is 0.177. The van der Waals surface area contributed by atoms with Crippen LogP contribution in [-0.4, -0.2) is 64.2 Å². The molecule has 2 aliphatic rings. The number of carboxylic acid groups (broad SMARTS) is 1. The predicted octanol–water partition coefficient (Wildman–Crippen LogP) is 4.50. The number of carbonyl (C=O) groups is 3. The first-order chi connectivity index (χ1) is 16.6. The SMILES string of the molecule is CN(C(=O)CC1(NC(=O)OCC2c3ccccc3-c3ccccc32)CCSCC1)C(C)(C)C(=O)O. The van der Waals surface area contributed by atoms with E-state index < -0.39 is 23.1 Å². The number of hydrogen-bond acceptors (Lipinski definition) is 5. The van der Waals surface area contributed by atoms with Crippen molar-refractivity contribution in [1.29, 1.82) is 0 Å². The van der Waals surface area contributed by atoms with E-state index in [4.69, 9.17) is 4.74 Å². The zero-order valence-corrected chi connectivity index (χ0v) is 21.2. The smallest absolute Gasteiger partial charge is 0.407 e. The van der Waals surface area contributed by atoms with Crippen LogP contribution in [0.25, 0.3) is 11.1 Å². The minimum atomic E-state index is -1.34. The van der Waals surface area contributed by atoms with Gasteiger partial charge in [0.05, 0.1) is 12.0 Å². The van der Waals surface area contributed by atoms with E-state index in [1.165, 1.54) is 25.8 Å². The summed E-state index contributed by atoms with van der Waals surface area (Å²) in [5, 5.41) is 12.5. The van der Waals surface area contributed by atoms with Crippen molar-refractivity contribution in [3.05, 3.63) is 59.7 Å². The van der Waals surface area contributed by atoms with E-state index in [2.05, 4.69) is 29.6 Å². The Morgan fingerprint density at radius 1 is 1.06 bits per heavy atom. The second-order valence-electron chi connectivity index (χ2n) is 9.84. The van der Waals surface area contributed by atoms with Gasteiger partial charge < -0.3 is 20.1 Å². The summed E-state index contributed by atoms with van der Waals surface area (Å²) in [4.78, 5) is 38.9. The van der Waals surface area contributed by atoms with Crippen LogP contribution in [0.15, 0.2) is 48.5 Å². The minimum Gasteiger partial charge on any atom is -0.480 e. The Balaban J connectivity index is 1.45. The fourth-order valence-corrected chi connectivity index (χ4v) is 6.10. The Labute approximate surface area is 210 Å². The molecule has 0 unspecified atom stereocenters. The van der Waals surface area contributed by atoms with Gasteiger partial charge in [-0.2, -0.15) is 11.8 Å². The molecule has 4 rings (SSSR count). The molecule has 35 heavy (non-hydrogen) atoms. The Morgan fingerprint density at radius 3 is 2.14 bits per heavy atom. The molecule has 0 atom stereocenters. The highest BCUT2D eigenvalue weighted by Gasteiger charge is 2.42. The Kier molecular flexibility index (Phi) is 7.12. The number of hydrogen-bond donors (Lipinski definition) is 2. The largest absolute Gasteiger partial charge is 0.480 e. The number of aliphatic carboxylic acids is 1. The van der Waals surface area contributed by atoms with E-state index >= 15 is 0 Å². The van der Waals surface area contributed by atoms with Gasteiger partial charge in [0.1, 0.15) is 12.1 Å². The molecule has 1 heterocycles. The van der Waals surface area contributed by atoms with Crippen molar-refractivity contribution in [3.8, 4) is 11.1 Å². The molecule has 1 saturated heterocycles. The van der Waals surface area contributed by atoms with Crippen LogP contribution >= 0.6 is 11.8 Å². The number of ether oxygens (including phenoxy) is 1. The number of nitrogens with one attached hydrogen (secondary N) is 1. The third kappa shape index (κ3) is 5.03. The summed E-state index contributed by atoms with van der Waals surface area (Å²) < 4.78 is 5.74. The number of carbonyl (C=O) groups excluding carboxylic acids is 2. The fourth-order valence-electron chi connectivity index (χ4n) is 4.82. The average molecular weight is 497 g/mol. The lowest BCUT2D eigenvalue weighted by Crippen LogP contribution is -2.57. The molecule has 2 amide bonds. The van der Waals surface area contributed by atoms with Crippen molar-refractivity contribution in [1.82, 2.24) is 10.2 Å². The van der Waals surface area contributed by atoms with E-state index in [0.717, 1.165) is 33.8 Å². The summed E-state index contributed by atoms with van der Waals surface area (Å²) in [5.41, 5.74) is 2.50. The third-order valence-electron chi connectivity index (χ3n) is 7.39. The number of fused-ring (bicyclic) bond motifs is 3. The first-order valence-corrected chi connectivity index (χ1v) is 13.0. The van der Waals surface area contributed by atoms with Gasteiger partial charge in [-0.25, -0.2) is 9.59 Å². The van der Waals surface area contributed by atoms with Gasteiger partial charge >= 0.3 is 12.1 Å². The van der Waals surface area contributed by atoms with Crippen molar-refractivity contribution >= 4 is 29.7 Å². The summed E-state index contributed by atoms with van der Waals surface area (Å²) in [6, 6.07) is 16.3. The Morgan fingerprint density at radius 2 is 1.60 bits per heavy atom. The highest BCUT2D eigenvalue weighted by atomic mass is 32.2. The van der Waals surface area contributed by atoms with Crippen LogP contribution in [0, 0.1) is 0 Å². The molecule has 0 radical (unpaired) electrons. The van der Waals surface area contributed by atoms with Crippen LogP contribution in [0.3, 0.4) is 0 Å². The molecule has 0 bridgehead atoms. The van der Waals surface area contributed by atoms with E-state index in [0.29, 0.717) is 12.8 Å². The first-order valence-electron chi connectivity index (χ1n) is 11.9. The fraction of sp³-hybridized carbons (Fsp3) is 0.444. The molecule has 2 N–H and O–H groups in total. The number of thioether (sulfide) groups is 1. The molecule has 0 saturated carbocycles. The summed E-state index contributed by atoms with van der Waals surface area (Å²) >= 11 is 1.78. The second kappa shape index (κ2) is 9.93. The lowest BCUT2D eigenvalue weighted by atomic mass is 9.87. The van der Waals surface area contributed by atoms with Crippen LogP contribution in [0.2, 0.25) is 0 Å². The van der Waals surface area contributed by atoms with Crippen LogP contribution in [0.4, 0.5) is 4.79 Å². The van der Waals surface area contributed by atoms with Crippen molar-refractivity contribution in [2.24, 2.45) is 0 Å². The van der Waals surface area contributed by atoms with Crippen LogP contribution in [0.1, 0.15) is 50.2 Å².